The topological polar surface area (TPSA) is 97.3 Å². The van der Waals surface area contributed by atoms with Crippen LogP contribution in [0.4, 0.5) is 5.69 Å². The summed E-state index contributed by atoms with van der Waals surface area (Å²) >= 11 is 9.45. The van der Waals surface area contributed by atoms with E-state index in [1.54, 1.807) is 60.7 Å². The Labute approximate surface area is 252 Å². The van der Waals surface area contributed by atoms with Crippen molar-refractivity contribution in [1.29, 1.82) is 0 Å². The van der Waals surface area contributed by atoms with E-state index in [2.05, 4.69) is 26.5 Å². The third kappa shape index (κ3) is 7.87. The zero-order valence-electron chi connectivity index (χ0n) is 22.3. The van der Waals surface area contributed by atoms with Gasteiger partial charge in [0.05, 0.1) is 28.4 Å². The number of aryl methyl sites for hydroxylation is 1. The van der Waals surface area contributed by atoms with Gasteiger partial charge >= 0.3 is 0 Å². The summed E-state index contributed by atoms with van der Waals surface area (Å²) in [7, 11) is -2.49. The minimum atomic E-state index is -4.01. The van der Waals surface area contributed by atoms with Crippen LogP contribution in [-0.4, -0.2) is 34.2 Å². The molecule has 8 nitrogen and oxygen atoms in total. The molecule has 0 radical (unpaired) electrons. The number of anilines is 1. The van der Waals surface area contributed by atoms with Crippen LogP contribution in [-0.2, 0) is 21.4 Å². The third-order valence-electron chi connectivity index (χ3n) is 5.86. The van der Waals surface area contributed by atoms with Gasteiger partial charge in [-0.15, -0.1) is 0 Å². The van der Waals surface area contributed by atoms with Gasteiger partial charge in [0.1, 0.15) is 13.2 Å². The van der Waals surface area contributed by atoms with Crippen LogP contribution in [0, 0.1) is 6.92 Å². The average molecular weight is 657 g/mol. The number of rotatable bonds is 11. The minimum absolute atomic E-state index is 0.0770. The van der Waals surface area contributed by atoms with E-state index in [1.807, 2.05) is 25.1 Å². The van der Waals surface area contributed by atoms with Crippen molar-refractivity contribution < 1.29 is 22.7 Å². The van der Waals surface area contributed by atoms with Crippen LogP contribution in [0.2, 0.25) is 5.02 Å². The fraction of sp³-hybridized carbons (Fsp3) is 0.133. The van der Waals surface area contributed by atoms with Gasteiger partial charge in [-0.1, -0.05) is 54.1 Å². The highest BCUT2D eigenvalue weighted by molar-refractivity contribution is 9.10. The molecule has 0 spiro atoms. The summed E-state index contributed by atoms with van der Waals surface area (Å²) in [6.45, 7) is 1.68. The number of hydrazone groups is 1. The van der Waals surface area contributed by atoms with E-state index < -0.39 is 22.5 Å². The number of benzene rings is 4. The number of sulfonamides is 1. The number of hydrogen-bond donors (Lipinski definition) is 1. The lowest BCUT2D eigenvalue weighted by Gasteiger charge is -2.24. The number of hydrogen-bond acceptors (Lipinski definition) is 6. The molecule has 4 rings (SSSR count). The van der Waals surface area contributed by atoms with Gasteiger partial charge in [0, 0.05) is 5.02 Å². The standard InChI is InChI=1S/C30H27BrClN3O5S/c1-21-7-6-8-25(15-21)35(41(37,38)26-9-4-3-5-10-26)19-29(36)34-33-18-23-16-27(31)30(28(17-23)39-2)40-20-22-11-13-24(32)14-12-22/h3-18H,19-20H2,1-2H3,(H,34,36)/b33-18-. The normalized spacial score (nSPS) is 11.3. The summed E-state index contributed by atoms with van der Waals surface area (Å²) in [5.74, 6) is 0.348. The molecular weight excluding hydrogens is 630 g/mol. The lowest BCUT2D eigenvalue weighted by molar-refractivity contribution is -0.119. The Hall–Kier alpha value is -3.86. The second-order valence-electron chi connectivity index (χ2n) is 8.91. The summed E-state index contributed by atoms with van der Waals surface area (Å²) in [5, 5.41) is 4.68. The molecule has 0 saturated carbocycles. The largest absolute Gasteiger partial charge is 0.493 e. The maximum Gasteiger partial charge on any atom is 0.264 e. The Bertz CT molecular complexity index is 1650. The monoisotopic (exact) mass is 655 g/mol. The van der Waals surface area contributed by atoms with E-state index in [0.717, 1.165) is 15.4 Å². The number of nitrogens with one attached hydrogen (secondary N) is 1. The molecule has 4 aromatic carbocycles. The lowest BCUT2D eigenvalue weighted by atomic mass is 10.2. The van der Waals surface area contributed by atoms with Crippen LogP contribution in [0.15, 0.2) is 105 Å². The molecule has 1 N–H and O–H groups in total. The maximum atomic E-state index is 13.4. The van der Waals surface area contributed by atoms with Crippen LogP contribution in [0.3, 0.4) is 0 Å². The van der Waals surface area contributed by atoms with E-state index in [9.17, 15) is 13.2 Å². The van der Waals surface area contributed by atoms with Gasteiger partial charge in [-0.25, -0.2) is 13.8 Å². The molecule has 1 amide bonds. The van der Waals surface area contributed by atoms with Crippen LogP contribution in [0.25, 0.3) is 0 Å². The summed E-state index contributed by atoms with van der Waals surface area (Å²) in [4.78, 5) is 12.9. The Kier molecular flexibility index (Phi) is 10.0. The number of ether oxygens (including phenoxy) is 2. The van der Waals surface area contributed by atoms with E-state index in [0.29, 0.717) is 38.9 Å². The molecule has 11 heteroatoms. The number of methoxy groups -OCH3 is 1. The summed E-state index contributed by atoms with van der Waals surface area (Å²) in [6.07, 6.45) is 1.43. The van der Waals surface area contributed by atoms with Crippen molar-refractivity contribution in [2.45, 2.75) is 18.4 Å². The maximum absolute atomic E-state index is 13.4. The molecule has 41 heavy (non-hydrogen) atoms. The zero-order valence-corrected chi connectivity index (χ0v) is 25.4. The highest BCUT2D eigenvalue weighted by Crippen LogP contribution is 2.37. The molecule has 0 heterocycles. The second kappa shape index (κ2) is 13.7. The van der Waals surface area contributed by atoms with Gasteiger partial charge < -0.3 is 9.47 Å². The molecule has 0 bridgehead atoms. The van der Waals surface area contributed by atoms with Gasteiger partial charge in [0.15, 0.2) is 11.5 Å². The number of halogens is 2. The van der Waals surface area contributed by atoms with Gasteiger partial charge in [-0.3, -0.25) is 9.10 Å². The molecule has 0 unspecified atom stereocenters. The minimum Gasteiger partial charge on any atom is -0.493 e. The van der Waals surface area contributed by atoms with Crippen molar-refractivity contribution >= 4 is 55.4 Å². The van der Waals surface area contributed by atoms with E-state index in [1.165, 1.54) is 25.5 Å². The van der Waals surface area contributed by atoms with Crippen molar-refractivity contribution in [1.82, 2.24) is 5.43 Å². The Morgan fingerprint density at radius 2 is 1.76 bits per heavy atom. The van der Waals surface area contributed by atoms with Crippen molar-refractivity contribution in [3.8, 4) is 11.5 Å². The molecule has 212 valence electrons. The average Bonchev–Trinajstić information content (AvgIpc) is 2.96. The molecule has 0 aliphatic heterocycles. The number of amides is 1. The van der Waals surface area contributed by atoms with Gasteiger partial charge in [0.25, 0.3) is 15.9 Å². The Balaban J connectivity index is 1.47. The second-order valence-corrected chi connectivity index (χ2v) is 12.1. The quantitative estimate of drug-likeness (QED) is 0.150. The zero-order chi connectivity index (χ0) is 29.4. The molecule has 4 aromatic rings. The van der Waals surface area contributed by atoms with Crippen LogP contribution in [0.1, 0.15) is 16.7 Å². The first kappa shape index (κ1) is 30.1. The number of carbonyl (C=O) groups is 1. The summed E-state index contributed by atoms with van der Waals surface area (Å²) in [5.41, 5.74) is 5.19. The predicted octanol–water partition coefficient (Wildman–Crippen LogP) is 6.34. The van der Waals surface area contributed by atoms with Crippen molar-refractivity contribution in [3.63, 3.8) is 0 Å². The van der Waals surface area contributed by atoms with Gasteiger partial charge in [0.2, 0.25) is 0 Å². The molecule has 0 aromatic heterocycles. The van der Waals surface area contributed by atoms with Crippen molar-refractivity contribution in [2.24, 2.45) is 5.10 Å². The molecule has 0 aliphatic carbocycles. The molecule has 0 saturated heterocycles. The Morgan fingerprint density at radius 3 is 2.44 bits per heavy atom. The molecular formula is C30H27BrClN3O5S. The van der Waals surface area contributed by atoms with E-state index in [4.69, 9.17) is 21.1 Å². The van der Waals surface area contributed by atoms with Gasteiger partial charge in [-0.05, 0) is 88.1 Å². The molecule has 0 atom stereocenters. The van der Waals surface area contributed by atoms with Crippen LogP contribution in [0.5, 0.6) is 11.5 Å². The first-order valence-electron chi connectivity index (χ1n) is 12.4. The third-order valence-corrected chi connectivity index (χ3v) is 8.49. The van der Waals surface area contributed by atoms with Gasteiger partial charge in [-0.2, -0.15) is 5.10 Å². The molecule has 0 fully saturated rings. The number of carbonyl (C=O) groups excluding carboxylic acids is 1. The van der Waals surface area contributed by atoms with Crippen molar-refractivity contribution in [2.75, 3.05) is 18.0 Å². The number of nitrogens with zero attached hydrogens (tertiary/aromatic N) is 2. The highest BCUT2D eigenvalue weighted by atomic mass is 79.9. The first-order chi connectivity index (χ1) is 19.7. The predicted molar refractivity (Wildman–Crippen MR) is 164 cm³/mol. The van der Waals surface area contributed by atoms with E-state index >= 15 is 0 Å². The summed E-state index contributed by atoms with van der Waals surface area (Å²) < 4.78 is 40.0. The summed E-state index contributed by atoms with van der Waals surface area (Å²) in [6, 6.07) is 25.7. The van der Waals surface area contributed by atoms with Crippen LogP contribution < -0.4 is 19.2 Å². The lowest BCUT2D eigenvalue weighted by Crippen LogP contribution is -2.39. The highest BCUT2D eigenvalue weighted by Gasteiger charge is 2.27. The fourth-order valence-electron chi connectivity index (χ4n) is 3.85. The van der Waals surface area contributed by atoms with Crippen LogP contribution >= 0.6 is 27.5 Å². The fourth-order valence-corrected chi connectivity index (χ4v) is 5.99. The first-order valence-corrected chi connectivity index (χ1v) is 15.0. The van der Waals surface area contributed by atoms with E-state index in [-0.39, 0.29) is 4.90 Å². The SMILES string of the molecule is COc1cc(/C=N\NC(=O)CN(c2cccc(C)c2)S(=O)(=O)c2ccccc2)cc(Br)c1OCc1ccc(Cl)cc1. The van der Waals surface area contributed by atoms with Crippen molar-refractivity contribution in [3.05, 3.63) is 117 Å². The smallest absolute Gasteiger partial charge is 0.264 e. The molecule has 0 aliphatic rings. The Morgan fingerprint density at radius 1 is 1.02 bits per heavy atom.